The van der Waals surface area contributed by atoms with E-state index in [-0.39, 0.29) is 6.03 Å². The highest BCUT2D eigenvalue weighted by Crippen LogP contribution is 2.36. The minimum atomic E-state index is -0.0991. The van der Waals surface area contributed by atoms with Gasteiger partial charge in [-0.3, -0.25) is 4.40 Å². The number of nitrogens with zero attached hydrogens (tertiary/aromatic N) is 3. The number of hydrogen-bond acceptors (Lipinski definition) is 3. The molecule has 0 unspecified atom stereocenters. The van der Waals surface area contributed by atoms with E-state index in [1.807, 2.05) is 28.8 Å². The minimum Gasteiger partial charge on any atom is -0.338 e. The molecule has 3 rings (SSSR count). The van der Waals surface area contributed by atoms with E-state index in [2.05, 4.69) is 27.8 Å². The fourth-order valence-corrected chi connectivity index (χ4v) is 2.32. The van der Waals surface area contributed by atoms with Gasteiger partial charge in [-0.2, -0.15) is 0 Å². The molecular formula is C14H19N5O. The summed E-state index contributed by atoms with van der Waals surface area (Å²) in [7, 11) is 0. The molecule has 0 bridgehead atoms. The Morgan fingerprint density at radius 1 is 1.40 bits per heavy atom. The van der Waals surface area contributed by atoms with Crippen LogP contribution in [0, 0.1) is 11.8 Å². The molecule has 20 heavy (non-hydrogen) atoms. The molecule has 6 nitrogen and oxygen atoms in total. The van der Waals surface area contributed by atoms with E-state index >= 15 is 0 Å². The van der Waals surface area contributed by atoms with E-state index in [9.17, 15) is 4.79 Å². The van der Waals surface area contributed by atoms with Crippen LogP contribution in [-0.4, -0.2) is 33.7 Å². The molecule has 2 aromatic rings. The van der Waals surface area contributed by atoms with Gasteiger partial charge in [-0.25, -0.2) is 4.79 Å². The predicted molar refractivity (Wildman–Crippen MR) is 75.4 cm³/mol. The van der Waals surface area contributed by atoms with Crippen LogP contribution in [0.3, 0.4) is 0 Å². The zero-order valence-corrected chi connectivity index (χ0v) is 11.5. The molecule has 6 heteroatoms. The molecule has 106 valence electrons. The van der Waals surface area contributed by atoms with Crippen LogP contribution in [0.25, 0.3) is 5.65 Å². The van der Waals surface area contributed by atoms with Crippen molar-refractivity contribution in [3.63, 3.8) is 0 Å². The molecule has 0 aromatic carbocycles. The third-order valence-electron chi connectivity index (χ3n) is 3.82. The van der Waals surface area contributed by atoms with E-state index in [4.69, 9.17) is 0 Å². The maximum atomic E-state index is 11.6. The summed E-state index contributed by atoms with van der Waals surface area (Å²) in [6.07, 6.45) is 3.82. The third kappa shape index (κ3) is 2.89. The molecule has 2 amide bonds. The predicted octanol–water partition coefficient (Wildman–Crippen LogP) is 1.23. The van der Waals surface area contributed by atoms with Crippen LogP contribution < -0.4 is 10.6 Å². The molecular weight excluding hydrogens is 254 g/mol. The number of urea groups is 1. The summed E-state index contributed by atoms with van der Waals surface area (Å²) in [6, 6.07) is 5.68. The molecule has 0 spiro atoms. The van der Waals surface area contributed by atoms with E-state index in [0.717, 1.165) is 23.9 Å². The first kappa shape index (κ1) is 12.9. The number of aromatic nitrogens is 3. The topological polar surface area (TPSA) is 71.3 Å². The highest BCUT2D eigenvalue weighted by atomic mass is 16.2. The second-order valence-electron chi connectivity index (χ2n) is 5.40. The lowest BCUT2D eigenvalue weighted by Gasteiger charge is -2.06. The summed E-state index contributed by atoms with van der Waals surface area (Å²) in [5.74, 6) is 2.29. The lowest BCUT2D eigenvalue weighted by atomic mass is 10.3. The van der Waals surface area contributed by atoms with Crippen molar-refractivity contribution in [2.45, 2.75) is 19.8 Å². The van der Waals surface area contributed by atoms with Gasteiger partial charge in [0.2, 0.25) is 0 Å². The number of hydrogen-bond donors (Lipinski definition) is 2. The Bertz CT molecular complexity index is 608. The fourth-order valence-electron chi connectivity index (χ4n) is 2.32. The Balaban J connectivity index is 1.44. The molecule has 2 aromatic heterocycles. The molecule has 1 aliphatic rings. The van der Waals surface area contributed by atoms with Gasteiger partial charge >= 0.3 is 6.03 Å². The lowest BCUT2D eigenvalue weighted by molar-refractivity contribution is 0.240. The van der Waals surface area contributed by atoms with Crippen LogP contribution in [0.15, 0.2) is 24.4 Å². The smallest absolute Gasteiger partial charge is 0.314 e. The van der Waals surface area contributed by atoms with Crippen LogP contribution in [0.4, 0.5) is 4.79 Å². The van der Waals surface area contributed by atoms with E-state index < -0.39 is 0 Å². The van der Waals surface area contributed by atoms with E-state index in [0.29, 0.717) is 18.9 Å². The lowest BCUT2D eigenvalue weighted by Crippen LogP contribution is -2.37. The zero-order chi connectivity index (χ0) is 13.9. The molecule has 1 saturated carbocycles. The Kier molecular flexibility index (Phi) is 3.54. The van der Waals surface area contributed by atoms with Crippen molar-refractivity contribution >= 4 is 11.7 Å². The van der Waals surface area contributed by atoms with Crippen molar-refractivity contribution in [3.8, 4) is 0 Å². The van der Waals surface area contributed by atoms with Crippen molar-refractivity contribution in [2.75, 3.05) is 13.1 Å². The molecule has 0 radical (unpaired) electrons. The van der Waals surface area contributed by atoms with Crippen molar-refractivity contribution < 1.29 is 4.79 Å². The molecule has 1 aliphatic carbocycles. The zero-order valence-electron chi connectivity index (χ0n) is 11.5. The van der Waals surface area contributed by atoms with Crippen LogP contribution in [0.2, 0.25) is 0 Å². The number of pyridine rings is 1. The van der Waals surface area contributed by atoms with Gasteiger partial charge in [-0.1, -0.05) is 13.0 Å². The van der Waals surface area contributed by atoms with Crippen LogP contribution in [0.1, 0.15) is 19.2 Å². The quantitative estimate of drug-likeness (QED) is 0.860. The van der Waals surface area contributed by atoms with Gasteiger partial charge < -0.3 is 10.6 Å². The number of carbonyl (C=O) groups is 1. The second kappa shape index (κ2) is 5.48. The molecule has 2 N–H and O–H groups in total. The van der Waals surface area contributed by atoms with Gasteiger partial charge in [0.15, 0.2) is 5.65 Å². The Labute approximate surface area is 117 Å². The van der Waals surface area contributed by atoms with Gasteiger partial charge in [0.05, 0.1) is 0 Å². The van der Waals surface area contributed by atoms with Gasteiger partial charge in [0.25, 0.3) is 0 Å². The number of nitrogens with one attached hydrogen (secondary N) is 2. The van der Waals surface area contributed by atoms with Crippen molar-refractivity contribution in [1.82, 2.24) is 25.2 Å². The van der Waals surface area contributed by atoms with Crippen molar-refractivity contribution in [1.29, 1.82) is 0 Å². The normalized spacial score (nSPS) is 20.9. The molecule has 2 atom stereocenters. The highest BCUT2D eigenvalue weighted by molar-refractivity contribution is 5.73. The average molecular weight is 273 g/mol. The number of rotatable bonds is 5. The summed E-state index contributed by atoms with van der Waals surface area (Å²) in [4.78, 5) is 11.6. The molecule has 1 fully saturated rings. The fraction of sp³-hybridized carbons (Fsp3) is 0.500. The highest BCUT2D eigenvalue weighted by Gasteiger charge is 2.32. The number of amides is 2. The summed E-state index contributed by atoms with van der Waals surface area (Å²) in [6.45, 7) is 3.54. The standard InChI is InChI=1S/C14H19N5O/c1-10-8-11(10)9-16-14(20)15-6-5-13-18-17-12-4-2-3-7-19(12)13/h2-4,7,10-11H,5-6,8-9H2,1H3,(H2,15,16,20)/t10-,11-/m1/s1. The number of fused-ring (bicyclic) bond motifs is 1. The first-order valence-electron chi connectivity index (χ1n) is 7.04. The van der Waals surface area contributed by atoms with Gasteiger partial charge in [0, 0.05) is 25.7 Å². The van der Waals surface area contributed by atoms with E-state index in [1.165, 1.54) is 6.42 Å². The number of carbonyl (C=O) groups excluding carboxylic acids is 1. The Morgan fingerprint density at radius 3 is 3.05 bits per heavy atom. The van der Waals surface area contributed by atoms with Crippen molar-refractivity contribution in [2.24, 2.45) is 11.8 Å². The van der Waals surface area contributed by atoms with Gasteiger partial charge in [0.1, 0.15) is 5.82 Å². The average Bonchev–Trinajstić information content (AvgIpc) is 3.01. The van der Waals surface area contributed by atoms with Crippen LogP contribution >= 0.6 is 0 Å². The van der Waals surface area contributed by atoms with Crippen molar-refractivity contribution in [3.05, 3.63) is 30.2 Å². The largest absolute Gasteiger partial charge is 0.338 e. The first-order valence-corrected chi connectivity index (χ1v) is 7.04. The Morgan fingerprint density at radius 2 is 2.25 bits per heavy atom. The molecule has 0 saturated heterocycles. The van der Waals surface area contributed by atoms with E-state index in [1.54, 1.807) is 0 Å². The maximum Gasteiger partial charge on any atom is 0.314 e. The maximum absolute atomic E-state index is 11.6. The van der Waals surface area contributed by atoms with Crippen LogP contribution in [0.5, 0.6) is 0 Å². The first-order chi connectivity index (χ1) is 9.74. The minimum absolute atomic E-state index is 0.0991. The second-order valence-corrected chi connectivity index (χ2v) is 5.40. The molecule has 2 heterocycles. The van der Waals surface area contributed by atoms with Gasteiger partial charge in [-0.05, 0) is 30.4 Å². The monoisotopic (exact) mass is 273 g/mol. The summed E-state index contributed by atoms with van der Waals surface area (Å²) in [5, 5.41) is 14.0. The summed E-state index contributed by atoms with van der Waals surface area (Å²) in [5.41, 5.74) is 0.828. The SMILES string of the molecule is C[C@@H]1C[C@@H]1CNC(=O)NCCc1nnc2ccccn12. The van der Waals surface area contributed by atoms with Gasteiger partial charge in [-0.15, -0.1) is 10.2 Å². The summed E-state index contributed by atoms with van der Waals surface area (Å²) < 4.78 is 1.94. The van der Waals surface area contributed by atoms with Crippen LogP contribution in [-0.2, 0) is 6.42 Å². The molecule has 0 aliphatic heterocycles. The third-order valence-corrected chi connectivity index (χ3v) is 3.82. The summed E-state index contributed by atoms with van der Waals surface area (Å²) >= 11 is 0. The Hall–Kier alpha value is -2.11.